The smallest absolute Gasteiger partial charge is 0.0294 e. The molecule has 0 radical (unpaired) electrons. The van der Waals surface area contributed by atoms with Crippen LogP contribution in [0.2, 0.25) is 0 Å². The maximum absolute atomic E-state index is 3.69. The molecule has 2 rings (SSSR count). The highest BCUT2D eigenvalue weighted by Crippen LogP contribution is 2.18. The summed E-state index contributed by atoms with van der Waals surface area (Å²) < 4.78 is 0. The summed E-state index contributed by atoms with van der Waals surface area (Å²) in [5, 5.41) is 8.07. The molecule has 102 valence electrons. The fourth-order valence-electron chi connectivity index (χ4n) is 2.38. The van der Waals surface area contributed by atoms with Gasteiger partial charge in [0.1, 0.15) is 0 Å². The second-order valence-electron chi connectivity index (χ2n) is 5.47. The summed E-state index contributed by atoms with van der Waals surface area (Å²) in [6.07, 6.45) is 1.10. The maximum Gasteiger partial charge on any atom is 0.0294 e. The fraction of sp³-hybridized carbons (Fsp3) is 0.412. The van der Waals surface area contributed by atoms with E-state index < -0.39 is 0 Å². The zero-order valence-corrected chi connectivity index (χ0v) is 13.1. The third-order valence-corrected chi connectivity index (χ3v) is 4.42. The van der Waals surface area contributed by atoms with E-state index in [4.69, 9.17) is 0 Å². The minimum atomic E-state index is 0.396. The molecule has 0 spiro atoms. The van der Waals surface area contributed by atoms with Crippen LogP contribution in [0, 0.1) is 13.8 Å². The molecule has 2 aromatic rings. The lowest BCUT2D eigenvalue weighted by atomic mass is 10.0. The lowest BCUT2D eigenvalue weighted by Gasteiger charge is -2.21. The van der Waals surface area contributed by atoms with Crippen molar-refractivity contribution in [2.24, 2.45) is 0 Å². The van der Waals surface area contributed by atoms with Crippen molar-refractivity contribution in [2.45, 2.75) is 46.2 Å². The molecule has 0 bridgehead atoms. The number of hydrogen-bond acceptors (Lipinski definition) is 2. The second-order valence-corrected chi connectivity index (χ2v) is 6.25. The molecule has 1 nitrogen and oxygen atoms in total. The average Bonchev–Trinajstić information content (AvgIpc) is 2.85. The van der Waals surface area contributed by atoms with Gasteiger partial charge < -0.3 is 5.32 Å². The molecule has 0 fully saturated rings. The number of hydrogen-bond donors (Lipinski definition) is 1. The van der Waals surface area contributed by atoms with Crippen LogP contribution in [-0.4, -0.2) is 6.04 Å². The Morgan fingerprint density at radius 3 is 2.53 bits per heavy atom. The van der Waals surface area contributed by atoms with Crippen LogP contribution in [-0.2, 0) is 6.42 Å². The Morgan fingerprint density at radius 2 is 1.89 bits per heavy atom. The standard InChI is InChI=1S/C17H23NS/c1-12-5-6-17(9-13(12)2)15(4)18-14(3)10-16-7-8-19-11-16/h5-9,11,14-15,18H,10H2,1-4H3. The van der Waals surface area contributed by atoms with E-state index in [9.17, 15) is 0 Å². The van der Waals surface area contributed by atoms with E-state index in [0.29, 0.717) is 12.1 Å². The minimum absolute atomic E-state index is 0.396. The summed E-state index contributed by atoms with van der Waals surface area (Å²) in [6.45, 7) is 8.85. The van der Waals surface area contributed by atoms with Gasteiger partial charge >= 0.3 is 0 Å². The van der Waals surface area contributed by atoms with Gasteiger partial charge in [-0.25, -0.2) is 0 Å². The molecule has 2 heteroatoms. The van der Waals surface area contributed by atoms with Gasteiger partial charge in [-0.2, -0.15) is 11.3 Å². The predicted octanol–water partition coefficient (Wildman–Crippen LogP) is 4.65. The van der Waals surface area contributed by atoms with Gasteiger partial charge in [-0.1, -0.05) is 18.2 Å². The molecule has 1 aromatic carbocycles. The molecule has 2 unspecified atom stereocenters. The summed E-state index contributed by atoms with van der Waals surface area (Å²) in [5.74, 6) is 0. The van der Waals surface area contributed by atoms with E-state index in [1.165, 1.54) is 22.3 Å². The zero-order valence-electron chi connectivity index (χ0n) is 12.2. The third-order valence-electron chi connectivity index (χ3n) is 3.69. The van der Waals surface area contributed by atoms with E-state index in [0.717, 1.165) is 6.42 Å². The Labute approximate surface area is 120 Å². The first-order valence-electron chi connectivity index (χ1n) is 6.90. The summed E-state index contributed by atoms with van der Waals surface area (Å²) >= 11 is 1.77. The second kappa shape index (κ2) is 6.36. The average molecular weight is 273 g/mol. The molecule has 0 saturated heterocycles. The number of thiophene rings is 1. The first kappa shape index (κ1) is 14.3. The van der Waals surface area contributed by atoms with Crippen molar-refractivity contribution in [1.82, 2.24) is 5.32 Å². The van der Waals surface area contributed by atoms with Gasteiger partial charge in [0.15, 0.2) is 0 Å². The van der Waals surface area contributed by atoms with Crippen LogP contribution in [0.5, 0.6) is 0 Å². The lowest BCUT2D eigenvalue weighted by molar-refractivity contribution is 0.477. The van der Waals surface area contributed by atoms with E-state index >= 15 is 0 Å². The molecule has 1 N–H and O–H groups in total. The Bertz CT molecular complexity index is 516. The summed E-state index contributed by atoms with van der Waals surface area (Å²) in [7, 11) is 0. The summed E-state index contributed by atoms with van der Waals surface area (Å²) in [4.78, 5) is 0. The van der Waals surface area contributed by atoms with Crippen LogP contribution in [0.15, 0.2) is 35.0 Å². The molecule has 0 aliphatic heterocycles. The zero-order chi connectivity index (χ0) is 13.8. The van der Waals surface area contributed by atoms with Gasteiger partial charge in [-0.05, 0) is 73.2 Å². The van der Waals surface area contributed by atoms with E-state index in [1.807, 2.05) is 0 Å². The van der Waals surface area contributed by atoms with Gasteiger partial charge in [-0.3, -0.25) is 0 Å². The molecule has 0 aliphatic rings. The SMILES string of the molecule is Cc1ccc(C(C)NC(C)Cc2ccsc2)cc1C. The van der Waals surface area contributed by atoms with Crippen LogP contribution < -0.4 is 5.32 Å². The van der Waals surface area contributed by atoms with Crippen molar-refractivity contribution in [3.8, 4) is 0 Å². The molecule has 1 aromatic heterocycles. The third kappa shape index (κ3) is 3.92. The number of benzene rings is 1. The quantitative estimate of drug-likeness (QED) is 0.836. The van der Waals surface area contributed by atoms with Crippen molar-refractivity contribution in [3.05, 3.63) is 57.3 Å². The van der Waals surface area contributed by atoms with Crippen LogP contribution in [0.25, 0.3) is 0 Å². The highest BCUT2D eigenvalue weighted by Gasteiger charge is 2.10. The summed E-state index contributed by atoms with van der Waals surface area (Å²) in [6, 6.07) is 9.84. The Kier molecular flexibility index (Phi) is 4.78. The predicted molar refractivity (Wildman–Crippen MR) is 85.0 cm³/mol. The molecular formula is C17H23NS. The Balaban J connectivity index is 1.96. The topological polar surface area (TPSA) is 12.0 Å². The van der Waals surface area contributed by atoms with Crippen molar-refractivity contribution >= 4 is 11.3 Å². The van der Waals surface area contributed by atoms with Crippen LogP contribution in [0.1, 0.15) is 42.1 Å². The maximum atomic E-state index is 3.69. The summed E-state index contributed by atoms with van der Waals surface area (Å²) in [5.41, 5.74) is 5.54. The van der Waals surface area contributed by atoms with Gasteiger partial charge in [0, 0.05) is 12.1 Å². The first-order valence-corrected chi connectivity index (χ1v) is 7.85. The number of rotatable bonds is 5. The number of aryl methyl sites for hydroxylation is 2. The lowest BCUT2D eigenvalue weighted by Crippen LogP contribution is -2.30. The van der Waals surface area contributed by atoms with Gasteiger partial charge in [0.2, 0.25) is 0 Å². The minimum Gasteiger partial charge on any atom is -0.307 e. The molecule has 0 amide bonds. The molecule has 0 saturated carbocycles. The molecule has 1 heterocycles. The van der Waals surface area contributed by atoms with E-state index in [1.54, 1.807) is 11.3 Å². The molecule has 19 heavy (non-hydrogen) atoms. The van der Waals surface area contributed by atoms with Gasteiger partial charge in [-0.15, -0.1) is 0 Å². The highest BCUT2D eigenvalue weighted by molar-refractivity contribution is 7.07. The van der Waals surface area contributed by atoms with E-state index in [-0.39, 0.29) is 0 Å². The van der Waals surface area contributed by atoms with Crippen LogP contribution in [0.4, 0.5) is 0 Å². The number of nitrogens with one attached hydrogen (secondary N) is 1. The van der Waals surface area contributed by atoms with Gasteiger partial charge in [0.05, 0.1) is 0 Å². The van der Waals surface area contributed by atoms with Crippen LogP contribution in [0.3, 0.4) is 0 Å². The van der Waals surface area contributed by atoms with Crippen LogP contribution >= 0.6 is 11.3 Å². The molecule has 2 atom stereocenters. The van der Waals surface area contributed by atoms with E-state index in [2.05, 4.69) is 68.0 Å². The van der Waals surface area contributed by atoms with Crippen molar-refractivity contribution < 1.29 is 0 Å². The van der Waals surface area contributed by atoms with Crippen molar-refractivity contribution in [3.63, 3.8) is 0 Å². The largest absolute Gasteiger partial charge is 0.307 e. The Morgan fingerprint density at radius 1 is 1.11 bits per heavy atom. The normalized spacial score (nSPS) is 14.3. The first-order chi connectivity index (χ1) is 9.06. The van der Waals surface area contributed by atoms with Crippen molar-refractivity contribution in [1.29, 1.82) is 0 Å². The highest BCUT2D eigenvalue weighted by atomic mass is 32.1. The monoisotopic (exact) mass is 273 g/mol. The van der Waals surface area contributed by atoms with Crippen molar-refractivity contribution in [2.75, 3.05) is 0 Å². The molecule has 0 aliphatic carbocycles. The fourth-order valence-corrected chi connectivity index (χ4v) is 3.06. The molecular weight excluding hydrogens is 250 g/mol. The van der Waals surface area contributed by atoms with Gasteiger partial charge in [0.25, 0.3) is 0 Å². The Hall–Kier alpha value is -1.12.